The summed E-state index contributed by atoms with van der Waals surface area (Å²) in [5.41, 5.74) is 0.990. The van der Waals surface area contributed by atoms with E-state index in [0.29, 0.717) is 6.04 Å². The number of nitrogens with one attached hydrogen (secondary N) is 1. The molecule has 0 saturated carbocycles. The number of rotatable bonds is 3. The number of hydrogen-bond donors (Lipinski definition) is 1. The monoisotopic (exact) mass is 290 g/mol. The van der Waals surface area contributed by atoms with Gasteiger partial charge in [-0.1, -0.05) is 0 Å². The van der Waals surface area contributed by atoms with Crippen LogP contribution in [0.25, 0.3) is 0 Å². The van der Waals surface area contributed by atoms with Crippen LogP contribution in [0.1, 0.15) is 44.1 Å². The van der Waals surface area contributed by atoms with Gasteiger partial charge in [-0.25, -0.2) is 9.97 Å². The van der Waals surface area contributed by atoms with Crippen molar-refractivity contribution in [3.63, 3.8) is 0 Å². The fraction of sp³-hybridized carbons (Fsp3) is 0.750. The lowest BCUT2D eigenvalue weighted by Crippen LogP contribution is -2.48. The Hall–Kier alpha value is -1.20. The maximum absolute atomic E-state index is 5.52. The molecule has 1 aromatic heterocycles. The first kappa shape index (κ1) is 14.7. The van der Waals surface area contributed by atoms with Gasteiger partial charge in [0, 0.05) is 38.1 Å². The second kappa shape index (κ2) is 5.89. The van der Waals surface area contributed by atoms with Crippen molar-refractivity contribution in [1.82, 2.24) is 14.9 Å². The van der Waals surface area contributed by atoms with Crippen LogP contribution in [0.3, 0.4) is 0 Å². The van der Waals surface area contributed by atoms with E-state index in [-0.39, 0.29) is 5.54 Å². The van der Waals surface area contributed by atoms with Crippen LogP contribution in [0.5, 0.6) is 0 Å². The minimum atomic E-state index is -0.0420. The predicted molar refractivity (Wildman–Crippen MR) is 83.4 cm³/mol. The minimum absolute atomic E-state index is 0.0420. The zero-order valence-electron chi connectivity index (χ0n) is 13.4. The number of nitrogens with zero attached hydrogens (tertiary/aromatic N) is 3. The van der Waals surface area contributed by atoms with E-state index in [1.54, 1.807) is 0 Å². The summed E-state index contributed by atoms with van der Waals surface area (Å²) >= 11 is 0. The molecule has 2 fully saturated rings. The van der Waals surface area contributed by atoms with Crippen molar-refractivity contribution in [2.75, 3.05) is 32.1 Å². The molecule has 2 saturated heterocycles. The predicted octanol–water partition coefficient (Wildman–Crippen LogP) is 2.32. The van der Waals surface area contributed by atoms with Gasteiger partial charge in [0.2, 0.25) is 0 Å². The molecule has 1 atom stereocenters. The lowest BCUT2D eigenvalue weighted by atomic mass is 9.94. The van der Waals surface area contributed by atoms with Crippen LogP contribution < -0.4 is 5.32 Å². The molecule has 0 unspecified atom stereocenters. The third-order valence-corrected chi connectivity index (χ3v) is 4.92. The Kier molecular flexibility index (Phi) is 4.13. The molecule has 0 aromatic carbocycles. The molecule has 116 valence electrons. The summed E-state index contributed by atoms with van der Waals surface area (Å²) in [7, 11) is 1.92. The molecule has 5 nitrogen and oxygen atoms in total. The minimum Gasteiger partial charge on any atom is -0.381 e. The van der Waals surface area contributed by atoms with Gasteiger partial charge in [-0.3, -0.25) is 4.90 Å². The fourth-order valence-corrected chi connectivity index (χ4v) is 3.74. The van der Waals surface area contributed by atoms with Gasteiger partial charge in [-0.2, -0.15) is 0 Å². The Bertz CT molecular complexity index is 501. The van der Waals surface area contributed by atoms with Gasteiger partial charge in [0.25, 0.3) is 0 Å². The average Bonchev–Trinajstić information content (AvgIpc) is 2.91. The van der Waals surface area contributed by atoms with Crippen LogP contribution >= 0.6 is 0 Å². The van der Waals surface area contributed by atoms with Crippen LogP contribution in [0.2, 0.25) is 0 Å². The largest absolute Gasteiger partial charge is 0.381 e. The molecular weight excluding hydrogens is 264 g/mol. The number of aromatic nitrogens is 2. The van der Waals surface area contributed by atoms with Crippen LogP contribution in [0.4, 0.5) is 5.82 Å². The van der Waals surface area contributed by atoms with E-state index < -0.39 is 0 Å². The van der Waals surface area contributed by atoms with E-state index >= 15 is 0 Å². The molecule has 3 rings (SSSR count). The highest BCUT2D eigenvalue weighted by Gasteiger charge is 2.44. The Morgan fingerprint density at radius 2 is 2.10 bits per heavy atom. The molecule has 2 aliphatic rings. The third-order valence-electron chi connectivity index (χ3n) is 4.92. The first-order chi connectivity index (χ1) is 10.1. The molecule has 0 radical (unpaired) electrons. The molecule has 5 heteroatoms. The van der Waals surface area contributed by atoms with Crippen molar-refractivity contribution >= 4 is 5.82 Å². The van der Waals surface area contributed by atoms with Crippen molar-refractivity contribution in [2.24, 2.45) is 0 Å². The highest BCUT2D eigenvalue weighted by Crippen LogP contribution is 2.40. The maximum atomic E-state index is 5.52. The number of ether oxygens (including phenoxy) is 1. The molecule has 0 spiro atoms. The fourth-order valence-electron chi connectivity index (χ4n) is 3.74. The molecule has 3 heterocycles. The molecule has 1 aromatic rings. The van der Waals surface area contributed by atoms with Gasteiger partial charge in [0.15, 0.2) is 5.82 Å². The van der Waals surface area contributed by atoms with Crippen molar-refractivity contribution < 1.29 is 4.74 Å². The number of hydrogen-bond acceptors (Lipinski definition) is 5. The Morgan fingerprint density at radius 1 is 1.33 bits per heavy atom. The summed E-state index contributed by atoms with van der Waals surface area (Å²) < 4.78 is 5.52. The van der Waals surface area contributed by atoms with Crippen molar-refractivity contribution in [3.8, 4) is 0 Å². The summed E-state index contributed by atoms with van der Waals surface area (Å²) in [6.07, 6.45) is 4.61. The van der Waals surface area contributed by atoms with E-state index in [0.717, 1.165) is 56.4 Å². The number of likely N-dealkylation sites (tertiary alicyclic amines) is 1. The molecular formula is C16H26N4O. The van der Waals surface area contributed by atoms with E-state index in [2.05, 4.69) is 17.1 Å². The lowest BCUT2D eigenvalue weighted by Gasteiger charge is -2.41. The summed E-state index contributed by atoms with van der Waals surface area (Å²) in [6.45, 7) is 7.27. The highest BCUT2D eigenvalue weighted by atomic mass is 16.5. The van der Waals surface area contributed by atoms with Gasteiger partial charge < -0.3 is 10.1 Å². The van der Waals surface area contributed by atoms with Gasteiger partial charge in [-0.15, -0.1) is 0 Å². The SMILES string of the molecule is CNc1cc(C)nc([C@]2(C)CCCN2C2CCOCC2)n1. The van der Waals surface area contributed by atoms with Crippen LogP contribution in [-0.4, -0.2) is 47.7 Å². The number of anilines is 1. The van der Waals surface area contributed by atoms with E-state index in [4.69, 9.17) is 14.7 Å². The molecule has 21 heavy (non-hydrogen) atoms. The smallest absolute Gasteiger partial charge is 0.150 e. The van der Waals surface area contributed by atoms with Gasteiger partial charge in [0.05, 0.1) is 5.54 Å². The molecule has 1 N–H and O–H groups in total. The van der Waals surface area contributed by atoms with Crippen LogP contribution in [-0.2, 0) is 10.3 Å². The van der Waals surface area contributed by atoms with Crippen LogP contribution in [0.15, 0.2) is 6.07 Å². The molecule has 0 aliphatic carbocycles. The average molecular weight is 290 g/mol. The van der Waals surface area contributed by atoms with Gasteiger partial charge >= 0.3 is 0 Å². The summed E-state index contributed by atoms with van der Waals surface area (Å²) in [6, 6.07) is 2.61. The second-order valence-electron chi connectivity index (χ2n) is 6.38. The zero-order chi connectivity index (χ0) is 14.9. The highest BCUT2D eigenvalue weighted by molar-refractivity contribution is 5.36. The van der Waals surface area contributed by atoms with E-state index in [9.17, 15) is 0 Å². The summed E-state index contributed by atoms with van der Waals surface area (Å²) in [5.74, 6) is 1.88. The van der Waals surface area contributed by atoms with E-state index in [1.165, 1.54) is 6.42 Å². The van der Waals surface area contributed by atoms with Crippen molar-refractivity contribution in [1.29, 1.82) is 0 Å². The van der Waals surface area contributed by atoms with Gasteiger partial charge in [-0.05, 0) is 46.1 Å². The quantitative estimate of drug-likeness (QED) is 0.926. The summed E-state index contributed by atoms with van der Waals surface area (Å²) in [4.78, 5) is 12.1. The summed E-state index contributed by atoms with van der Waals surface area (Å²) in [5, 5.41) is 3.15. The van der Waals surface area contributed by atoms with Crippen molar-refractivity contribution in [2.45, 2.75) is 51.1 Å². The van der Waals surface area contributed by atoms with Gasteiger partial charge in [0.1, 0.15) is 5.82 Å². The van der Waals surface area contributed by atoms with Crippen LogP contribution in [0, 0.1) is 6.92 Å². The normalized spacial score (nSPS) is 28.0. The lowest BCUT2D eigenvalue weighted by molar-refractivity contribution is 0.00201. The third kappa shape index (κ3) is 2.77. The van der Waals surface area contributed by atoms with E-state index in [1.807, 2.05) is 20.0 Å². The second-order valence-corrected chi connectivity index (χ2v) is 6.38. The Morgan fingerprint density at radius 3 is 2.81 bits per heavy atom. The van der Waals surface area contributed by atoms with Crippen molar-refractivity contribution in [3.05, 3.63) is 17.6 Å². The molecule has 0 amide bonds. The topological polar surface area (TPSA) is 50.3 Å². The Balaban J connectivity index is 1.92. The first-order valence-electron chi connectivity index (χ1n) is 8.02. The standard InChI is InChI=1S/C16H26N4O/c1-12-11-14(17-3)19-15(18-12)16(2)7-4-8-20(16)13-5-9-21-10-6-13/h11,13H,4-10H2,1-3H3,(H,17,18,19)/t16-/m0/s1. The zero-order valence-corrected chi connectivity index (χ0v) is 13.4. The maximum Gasteiger partial charge on any atom is 0.150 e. The number of aryl methyl sites for hydroxylation is 1. The Labute approximate surface area is 127 Å². The first-order valence-corrected chi connectivity index (χ1v) is 8.02. The molecule has 0 bridgehead atoms. The molecule has 2 aliphatic heterocycles.